The normalized spacial score (nSPS) is 10.1. The average molecular weight is 390 g/mol. The Morgan fingerprint density at radius 3 is 2.33 bits per heavy atom. The predicted molar refractivity (Wildman–Crippen MR) is 96.8 cm³/mol. The van der Waals surface area contributed by atoms with E-state index < -0.39 is 0 Å². The van der Waals surface area contributed by atoms with Crippen LogP contribution in [0.3, 0.4) is 0 Å². The third kappa shape index (κ3) is 4.90. The lowest BCUT2D eigenvalue weighted by Gasteiger charge is -2.14. The monoisotopic (exact) mass is 389 g/mol. The molecular formula is C19H20BrNO3. The third-order valence-electron chi connectivity index (χ3n) is 3.37. The van der Waals surface area contributed by atoms with E-state index in [0.717, 1.165) is 12.2 Å². The van der Waals surface area contributed by atoms with Crippen molar-refractivity contribution < 1.29 is 14.2 Å². The van der Waals surface area contributed by atoms with Crippen LogP contribution >= 0.6 is 15.9 Å². The van der Waals surface area contributed by atoms with Gasteiger partial charge in [0.1, 0.15) is 19.0 Å². The van der Waals surface area contributed by atoms with E-state index in [9.17, 15) is 0 Å². The van der Waals surface area contributed by atoms with Crippen LogP contribution in [0.15, 0.2) is 40.9 Å². The molecule has 2 aromatic rings. The fourth-order valence-electron chi connectivity index (χ4n) is 2.16. The molecule has 24 heavy (non-hydrogen) atoms. The van der Waals surface area contributed by atoms with Crippen molar-refractivity contribution in [1.82, 2.24) is 0 Å². The van der Waals surface area contributed by atoms with E-state index in [1.165, 1.54) is 5.56 Å². The molecule has 0 amide bonds. The summed E-state index contributed by atoms with van der Waals surface area (Å²) in [5.74, 6) is 1.95. The highest BCUT2D eigenvalue weighted by Gasteiger charge is 2.12. The fourth-order valence-corrected chi connectivity index (χ4v) is 2.72. The Morgan fingerprint density at radius 2 is 1.71 bits per heavy atom. The number of aryl methyl sites for hydroxylation is 1. The minimum Gasteiger partial charge on any atom is -0.490 e. The average Bonchev–Trinajstić information content (AvgIpc) is 2.60. The van der Waals surface area contributed by atoms with Crippen LogP contribution in [0.2, 0.25) is 0 Å². The lowest BCUT2D eigenvalue weighted by molar-refractivity contribution is 0.207. The lowest BCUT2D eigenvalue weighted by atomic mass is 10.2. The number of rotatable bonds is 8. The van der Waals surface area contributed by atoms with Gasteiger partial charge in [-0.05, 0) is 53.0 Å². The number of hydrogen-bond donors (Lipinski definition) is 0. The summed E-state index contributed by atoms with van der Waals surface area (Å²) in [6, 6.07) is 13.5. The second kappa shape index (κ2) is 9.19. The summed E-state index contributed by atoms with van der Waals surface area (Å²) in [6.45, 7) is 5.30. The van der Waals surface area contributed by atoms with Crippen LogP contribution in [0.5, 0.6) is 17.2 Å². The summed E-state index contributed by atoms with van der Waals surface area (Å²) in [6.07, 6.45) is 1.01. The molecule has 0 aliphatic carbocycles. The molecule has 0 aliphatic rings. The second-order valence-corrected chi connectivity index (χ2v) is 5.88. The molecular weight excluding hydrogens is 370 g/mol. The number of nitrogens with zero attached hydrogens (tertiary/aromatic N) is 1. The molecule has 0 bridgehead atoms. The van der Waals surface area contributed by atoms with Gasteiger partial charge in [-0.3, -0.25) is 0 Å². The zero-order valence-electron chi connectivity index (χ0n) is 13.8. The van der Waals surface area contributed by atoms with Crippen LogP contribution in [-0.4, -0.2) is 19.8 Å². The van der Waals surface area contributed by atoms with Crippen molar-refractivity contribution in [2.45, 2.75) is 20.3 Å². The lowest BCUT2D eigenvalue weighted by Crippen LogP contribution is -2.10. The van der Waals surface area contributed by atoms with Crippen molar-refractivity contribution in [2.75, 3.05) is 19.8 Å². The Bertz CT molecular complexity index is 708. The smallest absolute Gasteiger partial charge is 0.175 e. The van der Waals surface area contributed by atoms with Gasteiger partial charge in [0.2, 0.25) is 0 Å². The maximum Gasteiger partial charge on any atom is 0.175 e. The van der Waals surface area contributed by atoms with Crippen LogP contribution in [0, 0.1) is 11.3 Å². The summed E-state index contributed by atoms with van der Waals surface area (Å²) in [5, 5.41) is 9.04. The van der Waals surface area contributed by atoms with Crippen LogP contribution < -0.4 is 14.2 Å². The van der Waals surface area contributed by atoms with E-state index >= 15 is 0 Å². The van der Waals surface area contributed by atoms with Crippen LogP contribution in [0.1, 0.15) is 25.0 Å². The van der Waals surface area contributed by atoms with E-state index in [0.29, 0.717) is 41.4 Å². The van der Waals surface area contributed by atoms with Gasteiger partial charge in [0.25, 0.3) is 0 Å². The molecule has 0 atom stereocenters. The first kappa shape index (κ1) is 18.2. The second-order valence-electron chi connectivity index (χ2n) is 5.02. The van der Waals surface area contributed by atoms with Gasteiger partial charge in [0.05, 0.1) is 22.7 Å². The molecule has 2 rings (SSSR count). The van der Waals surface area contributed by atoms with Crippen molar-refractivity contribution in [3.8, 4) is 23.3 Å². The van der Waals surface area contributed by atoms with Crippen LogP contribution in [0.25, 0.3) is 0 Å². The number of nitriles is 1. The minimum atomic E-state index is 0.375. The number of benzene rings is 2. The zero-order valence-corrected chi connectivity index (χ0v) is 15.4. The van der Waals surface area contributed by atoms with Crippen LogP contribution in [-0.2, 0) is 6.42 Å². The van der Waals surface area contributed by atoms with Crippen molar-refractivity contribution >= 4 is 15.9 Å². The summed E-state index contributed by atoms with van der Waals surface area (Å²) in [4.78, 5) is 0. The molecule has 0 aromatic heterocycles. The van der Waals surface area contributed by atoms with E-state index in [2.05, 4.69) is 41.1 Å². The fraction of sp³-hybridized carbons (Fsp3) is 0.316. The van der Waals surface area contributed by atoms with Gasteiger partial charge >= 0.3 is 0 Å². The summed E-state index contributed by atoms with van der Waals surface area (Å²) in [5.41, 5.74) is 1.80. The first-order valence-electron chi connectivity index (χ1n) is 7.88. The maximum absolute atomic E-state index is 9.04. The zero-order chi connectivity index (χ0) is 17.4. The molecule has 0 saturated heterocycles. The van der Waals surface area contributed by atoms with E-state index in [1.807, 2.05) is 19.1 Å². The van der Waals surface area contributed by atoms with Gasteiger partial charge in [-0.2, -0.15) is 5.26 Å². The molecule has 0 radical (unpaired) electrons. The topological polar surface area (TPSA) is 51.5 Å². The van der Waals surface area contributed by atoms with Gasteiger partial charge in [-0.15, -0.1) is 0 Å². The largest absolute Gasteiger partial charge is 0.490 e. The van der Waals surface area contributed by atoms with Crippen molar-refractivity contribution in [2.24, 2.45) is 0 Å². The Kier molecular flexibility index (Phi) is 6.95. The number of hydrogen-bond acceptors (Lipinski definition) is 4. The predicted octanol–water partition coefficient (Wildman–Crippen LogP) is 4.74. The van der Waals surface area contributed by atoms with Crippen LogP contribution in [0.4, 0.5) is 0 Å². The minimum absolute atomic E-state index is 0.375. The van der Waals surface area contributed by atoms with Crippen molar-refractivity contribution in [3.63, 3.8) is 0 Å². The standard InChI is InChI=1S/C19H20BrNO3/c1-3-14-5-7-16(8-6-14)23-9-10-24-19-17(20)11-15(13-21)12-18(19)22-4-2/h5-8,11-12H,3-4,9-10H2,1-2H3. The Morgan fingerprint density at radius 1 is 1.00 bits per heavy atom. The quantitative estimate of drug-likeness (QED) is 0.611. The Labute approximate surface area is 151 Å². The Hall–Kier alpha value is -2.19. The van der Waals surface area contributed by atoms with Gasteiger partial charge in [-0.25, -0.2) is 0 Å². The molecule has 4 nitrogen and oxygen atoms in total. The molecule has 2 aromatic carbocycles. The number of halogens is 1. The molecule has 0 unspecified atom stereocenters. The van der Waals surface area contributed by atoms with Crippen molar-refractivity contribution in [3.05, 3.63) is 52.0 Å². The molecule has 0 saturated carbocycles. The molecule has 0 aliphatic heterocycles. The summed E-state index contributed by atoms with van der Waals surface area (Å²) in [7, 11) is 0. The molecule has 126 valence electrons. The molecule has 0 heterocycles. The first-order valence-corrected chi connectivity index (χ1v) is 8.68. The Balaban J connectivity index is 1.94. The van der Waals surface area contributed by atoms with E-state index in [4.69, 9.17) is 19.5 Å². The summed E-state index contributed by atoms with van der Waals surface area (Å²) >= 11 is 3.42. The molecule has 0 fully saturated rings. The van der Waals surface area contributed by atoms with Gasteiger partial charge < -0.3 is 14.2 Å². The van der Waals surface area contributed by atoms with Gasteiger partial charge in [-0.1, -0.05) is 19.1 Å². The highest BCUT2D eigenvalue weighted by molar-refractivity contribution is 9.10. The maximum atomic E-state index is 9.04. The van der Waals surface area contributed by atoms with Crippen molar-refractivity contribution in [1.29, 1.82) is 5.26 Å². The van der Waals surface area contributed by atoms with E-state index in [1.54, 1.807) is 12.1 Å². The molecule has 5 heteroatoms. The highest BCUT2D eigenvalue weighted by Crippen LogP contribution is 2.36. The molecule has 0 spiro atoms. The van der Waals surface area contributed by atoms with Gasteiger partial charge in [0.15, 0.2) is 11.5 Å². The highest BCUT2D eigenvalue weighted by atomic mass is 79.9. The third-order valence-corrected chi connectivity index (χ3v) is 3.96. The van der Waals surface area contributed by atoms with E-state index in [-0.39, 0.29) is 0 Å². The SMILES string of the molecule is CCOc1cc(C#N)cc(Br)c1OCCOc1ccc(CC)cc1. The molecule has 0 N–H and O–H groups in total. The van der Waals surface area contributed by atoms with Gasteiger partial charge in [0, 0.05) is 6.07 Å². The number of ether oxygens (including phenoxy) is 3. The summed E-state index contributed by atoms with van der Waals surface area (Å²) < 4.78 is 17.7. The first-order chi connectivity index (χ1) is 11.7.